The second kappa shape index (κ2) is 4.52. The summed E-state index contributed by atoms with van der Waals surface area (Å²) in [4.78, 5) is 0. The van der Waals surface area contributed by atoms with Gasteiger partial charge in [-0.25, -0.2) is 0 Å². The first-order chi connectivity index (χ1) is 7.59. The van der Waals surface area contributed by atoms with Crippen molar-refractivity contribution in [3.05, 3.63) is 23.2 Å². The fraction of sp³-hybridized carbons (Fsp3) is 0.500. The van der Waals surface area contributed by atoms with E-state index in [9.17, 15) is 5.11 Å². The highest BCUT2D eigenvalue weighted by atomic mass is 35.5. The second-order valence-electron chi connectivity index (χ2n) is 4.41. The Bertz CT molecular complexity index is 375. The third-order valence-corrected chi connectivity index (χ3v) is 3.17. The topological polar surface area (TPSA) is 41.5 Å². The van der Waals surface area contributed by atoms with Gasteiger partial charge in [-0.15, -0.1) is 0 Å². The minimum atomic E-state index is -0.215. The Hall–Kier alpha value is -0.930. The highest BCUT2D eigenvalue weighted by Crippen LogP contribution is 2.34. The SMILES string of the molecule is CC1(Oc2cc(Cl)ccc2O)CCNCC1. The molecule has 0 amide bonds. The van der Waals surface area contributed by atoms with E-state index in [2.05, 4.69) is 12.2 Å². The predicted molar refractivity (Wildman–Crippen MR) is 64.3 cm³/mol. The molecule has 1 fully saturated rings. The number of hydrogen-bond donors (Lipinski definition) is 2. The summed E-state index contributed by atoms with van der Waals surface area (Å²) >= 11 is 5.88. The van der Waals surface area contributed by atoms with Gasteiger partial charge in [0.05, 0.1) is 0 Å². The van der Waals surface area contributed by atoms with Crippen molar-refractivity contribution in [2.75, 3.05) is 13.1 Å². The van der Waals surface area contributed by atoms with E-state index >= 15 is 0 Å². The van der Waals surface area contributed by atoms with Crippen LogP contribution in [0.4, 0.5) is 0 Å². The van der Waals surface area contributed by atoms with Crippen molar-refractivity contribution in [1.82, 2.24) is 5.32 Å². The van der Waals surface area contributed by atoms with Gasteiger partial charge in [0.25, 0.3) is 0 Å². The average molecular weight is 242 g/mol. The summed E-state index contributed by atoms with van der Waals surface area (Å²) in [5.74, 6) is 0.612. The summed E-state index contributed by atoms with van der Waals surface area (Å²) in [6.07, 6.45) is 1.86. The van der Waals surface area contributed by atoms with Gasteiger partial charge in [-0.3, -0.25) is 0 Å². The first-order valence-corrected chi connectivity index (χ1v) is 5.85. The van der Waals surface area contributed by atoms with Crippen molar-refractivity contribution in [3.63, 3.8) is 0 Å². The summed E-state index contributed by atoms with van der Waals surface area (Å²) in [6.45, 7) is 3.95. The number of benzene rings is 1. The van der Waals surface area contributed by atoms with Gasteiger partial charge in [0.1, 0.15) is 5.60 Å². The highest BCUT2D eigenvalue weighted by molar-refractivity contribution is 6.30. The van der Waals surface area contributed by atoms with Gasteiger partial charge in [0, 0.05) is 11.1 Å². The maximum absolute atomic E-state index is 9.68. The molecule has 0 saturated carbocycles. The van der Waals surface area contributed by atoms with Crippen molar-refractivity contribution in [1.29, 1.82) is 0 Å². The number of ether oxygens (including phenoxy) is 1. The number of phenols is 1. The third kappa shape index (κ3) is 2.60. The van der Waals surface area contributed by atoms with E-state index in [4.69, 9.17) is 16.3 Å². The van der Waals surface area contributed by atoms with Crippen molar-refractivity contribution < 1.29 is 9.84 Å². The van der Waals surface area contributed by atoms with Crippen LogP contribution in [0.3, 0.4) is 0 Å². The van der Waals surface area contributed by atoms with Gasteiger partial charge in [0.2, 0.25) is 0 Å². The summed E-state index contributed by atoms with van der Waals surface area (Å²) < 4.78 is 5.88. The molecule has 1 aromatic carbocycles. The molecule has 0 radical (unpaired) electrons. The lowest BCUT2D eigenvalue weighted by atomic mass is 9.94. The van der Waals surface area contributed by atoms with Crippen LogP contribution in [-0.4, -0.2) is 23.8 Å². The number of aromatic hydroxyl groups is 1. The monoisotopic (exact) mass is 241 g/mol. The molecule has 1 aliphatic rings. The third-order valence-electron chi connectivity index (χ3n) is 2.94. The maximum Gasteiger partial charge on any atom is 0.163 e. The number of rotatable bonds is 2. The lowest BCUT2D eigenvalue weighted by molar-refractivity contribution is 0.0528. The zero-order chi connectivity index (χ0) is 11.6. The van der Waals surface area contributed by atoms with Crippen LogP contribution in [0.25, 0.3) is 0 Å². The van der Waals surface area contributed by atoms with Crippen molar-refractivity contribution in [2.45, 2.75) is 25.4 Å². The first kappa shape index (κ1) is 11.6. The molecule has 1 heterocycles. The molecule has 0 unspecified atom stereocenters. The van der Waals surface area contributed by atoms with Crippen molar-refractivity contribution >= 4 is 11.6 Å². The van der Waals surface area contributed by atoms with Crippen LogP contribution >= 0.6 is 11.6 Å². The van der Waals surface area contributed by atoms with E-state index in [1.807, 2.05) is 0 Å². The van der Waals surface area contributed by atoms with E-state index in [1.54, 1.807) is 18.2 Å². The van der Waals surface area contributed by atoms with Crippen LogP contribution in [0.15, 0.2) is 18.2 Å². The Kier molecular flexibility index (Phi) is 3.26. The van der Waals surface area contributed by atoms with E-state index in [0.717, 1.165) is 25.9 Å². The number of nitrogens with one attached hydrogen (secondary N) is 1. The normalized spacial score (nSPS) is 19.4. The Morgan fingerprint density at radius 3 is 2.75 bits per heavy atom. The Labute approximate surface area is 100 Å². The van der Waals surface area contributed by atoms with Gasteiger partial charge in [-0.1, -0.05) is 11.6 Å². The molecule has 0 aromatic heterocycles. The number of phenolic OH excluding ortho intramolecular Hbond substituents is 1. The fourth-order valence-corrected chi connectivity index (χ4v) is 2.05. The minimum Gasteiger partial charge on any atom is -0.504 e. The van der Waals surface area contributed by atoms with Gasteiger partial charge in [-0.2, -0.15) is 0 Å². The molecule has 1 aliphatic heterocycles. The molecule has 0 atom stereocenters. The molecular weight excluding hydrogens is 226 g/mol. The predicted octanol–water partition coefficient (Wildman–Crippen LogP) is 2.57. The first-order valence-electron chi connectivity index (χ1n) is 5.47. The van der Waals surface area contributed by atoms with Crippen LogP contribution in [0, 0.1) is 0 Å². The van der Waals surface area contributed by atoms with E-state index in [0.29, 0.717) is 10.8 Å². The molecular formula is C12H16ClNO2. The van der Waals surface area contributed by atoms with Gasteiger partial charge < -0.3 is 15.2 Å². The molecule has 0 bridgehead atoms. The molecule has 16 heavy (non-hydrogen) atoms. The largest absolute Gasteiger partial charge is 0.504 e. The molecule has 2 N–H and O–H groups in total. The summed E-state index contributed by atoms with van der Waals surface area (Å²) in [5, 5.41) is 13.5. The zero-order valence-corrected chi connectivity index (χ0v) is 10.0. The quantitative estimate of drug-likeness (QED) is 0.836. The van der Waals surface area contributed by atoms with E-state index in [-0.39, 0.29) is 11.4 Å². The lowest BCUT2D eigenvalue weighted by Crippen LogP contribution is -2.43. The van der Waals surface area contributed by atoms with Crippen LogP contribution < -0.4 is 10.1 Å². The summed E-state index contributed by atoms with van der Waals surface area (Å²) in [7, 11) is 0. The zero-order valence-electron chi connectivity index (χ0n) is 9.29. The van der Waals surface area contributed by atoms with Crippen LogP contribution in [-0.2, 0) is 0 Å². The molecule has 0 aliphatic carbocycles. The van der Waals surface area contributed by atoms with Crippen molar-refractivity contribution in [2.24, 2.45) is 0 Å². The molecule has 3 nitrogen and oxygen atoms in total. The summed E-state index contributed by atoms with van der Waals surface area (Å²) in [5.41, 5.74) is -0.215. The number of halogens is 1. The lowest BCUT2D eigenvalue weighted by Gasteiger charge is -2.34. The minimum absolute atomic E-state index is 0.143. The van der Waals surface area contributed by atoms with Crippen LogP contribution in [0.2, 0.25) is 5.02 Å². The van der Waals surface area contributed by atoms with Gasteiger partial charge >= 0.3 is 0 Å². The van der Waals surface area contributed by atoms with E-state index < -0.39 is 0 Å². The van der Waals surface area contributed by atoms with Crippen LogP contribution in [0.1, 0.15) is 19.8 Å². The molecule has 4 heteroatoms. The second-order valence-corrected chi connectivity index (χ2v) is 4.85. The Morgan fingerprint density at radius 1 is 1.38 bits per heavy atom. The summed E-state index contributed by atoms with van der Waals surface area (Å²) in [6, 6.07) is 4.86. The van der Waals surface area contributed by atoms with Crippen molar-refractivity contribution in [3.8, 4) is 11.5 Å². The molecule has 0 spiro atoms. The molecule has 1 aromatic rings. The van der Waals surface area contributed by atoms with Gasteiger partial charge in [0.15, 0.2) is 11.5 Å². The van der Waals surface area contributed by atoms with Gasteiger partial charge in [-0.05, 0) is 45.0 Å². The molecule has 88 valence electrons. The molecule has 1 saturated heterocycles. The fourth-order valence-electron chi connectivity index (χ4n) is 1.89. The average Bonchev–Trinajstić information content (AvgIpc) is 2.24. The number of piperidine rings is 1. The van der Waals surface area contributed by atoms with Crippen LogP contribution in [0.5, 0.6) is 11.5 Å². The Morgan fingerprint density at radius 2 is 2.06 bits per heavy atom. The molecule has 2 rings (SSSR count). The maximum atomic E-state index is 9.68. The number of hydrogen-bond acceptors (Lipinski definition) is 3. The highest BCUT2D eigenvalue weighted by Gasteiger charge is 2.29. The van der Waals surface area contributed by atoms with E-state index in [1.165, 1.54) is 0 Å². The standard InChI is InChI=1S/C12H16ClNO2/c1-12(4-6-14-7-5-12)16-11-8-9(13)2-3-10(11)15/h2-3,8,14-15H,4-7H2,1H3. The smallest absolute Gasteiger partial charge is 0.163 e. The Balaban J connectivity index is 2.15.